The van der Waals surface area contributed by atoms with Crippen LogP contribution >= 0.6 is 0 Å². The van der Waals surface area contributed by atoms with Crippen molar-refractivity contribution in [3.05, 3.63) is 35.9 Å². The first-order valence-electron chi connectivity index (χ1n) is 7.61. The lowest BCUT2D eigenvalue weighted by Gasteiger charge is -2.34. The highest BCUT2D eigenvalue weighted by atomic mass is 16.1. The van der Waals surface area contributed by atoms with Gasteiger partial charge in [-0.3, -0.25) is 9.69 Å². The molecule has 102 valence electrons. The summed E-state index contributed by atoms with van der Waals surface area (Å²) in [5, 5.41) is 0. The lowest BCUT2D eigenvalue weighted by atomic mass is 9.93. The first kappa shape index (κ1) is 12.9. The van der Waals surface area contributed by atoms with E-state index in [-0.39, 0.29) is 0 Å². The summed E-state index contributed by atoms with van der Waals surface area (Å²) in [4.78, 5) is 14.6. The van der Waals surface area contributed by atoms with Crippen LogP contribution in [0.15, 0.2) is 30.3 Å². The van der Waals surface area contributed by atoms with Gasteiger partial charge in [0.2, 0.25) is 0 Å². The van der Waals surface area contributed by atoms with Crippen molar-refractivity contribution in [1.29, 1.82) is 0 Å². The number of ketones is 1. The molecule has 0 aromatic heterocycles. The van der Waals surface area contributed by atoms with Crippen LogP contribution in [-0.4, -0.2) is 23.3 Å². The monoisotopic (exact) mass is 257 g/mol. The molecule has 1 heterocycles. The summed E-state index contributed by atoms with van der Waals surface area (Å²) in [7, 11) is 0. The standard InChI is InChI=1S/C17H23NO/c1-13(14-7-3-2-4-8-14)18-12-6-10-16(18)15-9-5-11-17(15)19/h2-4,7-8,13,15-16H,5-6,9-12H2,1H3. The average Bonchev–Trinajstić information content (AvgIpc) is 3.07. The summed E-state index contributed by atoms with van der Waals surface area (Å²) < 4.78 is 0. The van der Waals surface area contributed by atoms with Crippen LogP contribution in [0, 0.1) is 5.92 Å². The summed E-state index contributed by atoms with van der Waals surface area (Å²) in [5.74, 6) is 0.825. The Morgan fingerprint density at radius 2 is 1.95 bits per heavy atom. The Hall–Kier alpha value is -1.15. The molecule has 3 unspecified atom stereocenters. The van der Waals surface area contributed by atoms with E-state index in [4.69, 9.17) is 0 Å². The number of likely N-dealkylation sites (tertiary alicyclic amines) is 1. The molecule has 3 rings (SSSR count). The molecular weight excluding hydrogens is 234 g/mol. The fourth-order valence-corrected chi connectivity index (χ4v) is 3.90. The van der Waals surface area contributed by atoms with Crippen molar-refractivity contribution < 1.29 is 4.79 Å². The minimum Gasteiger partial charge on any atom is -0.299 e. The maximum absolute atomic E-state index is 12.0. The normalized spacial score (nSPS) is 29.8. The molecule has 0 bridgehead atoms. The second-order valence-corrected chi connectivity index (χ2v) is 6.00. The maximum Gasteiger partial charge on any atom is 0.137 e. The Balaban J connectivity index is 1.77. The van der Waals surface area contributed by atoms with E-state index >= 15 is 0 Å². The van der Waals surface area contributed by atoms with Gasteiger partial charge in [0.1, 0.15) is 5.78 Å². The lowest BCUT2D eigenvalue weighted by Crippen LogP contribution is -2.39. The van der Waals surface area contributed by atoms with Gasteiger partial charge in [-0.15, -0.1) is 0 Å². The summed E-state index contributed by atoms with van der Waals surface area (Å²) >= 11 is 0. The first-order valence-corrected chi connectivity index (χ1v) is 7.61. The predicted molar refractivity (Wildman–Crippen MR) is 76.9 cm³/mol. The summed E-state index contributed by atoms with van der Waals surface area (Å²) in [6.07, 6.45) is 5.48. The zero-order valence-electron chi connectivity index (χ0n) is 11.7. The molecule has 1 aliphatic carbocycles. The summed E-state index contributed by atoms with van der Waals surface area (Å²) in [5.41, 5.74) is 1.37. The summed E-state index contributed by atoms with van der Waals surface area (Å²) in [6, 6.07) is 11.6. The molecule has 1 saturated heterocycles. The first-order chi connectivity index (χ1) is 9.27. The number of hydrogen-bond donors (Lipinski definition) is 0. The zero-order valence-corrected chi connectivity index (χ0v) is 11.7. The molecule has 0 spiro atoms. The molecule has 2 nitrogen and oxygen atoms in total. The van der Waals surface area contributed by atoms with E-state index in [1.807, 2.05) is 0 Å². The molecule has 1 aliphatic heterocycles. The molecule has 2 aliphatic rings. The molecule has 19 heavy (non-hydrogen) atoms. The highest BCUT2D eigenvalue weighted by Gasteiger charge is 2.39. The van der Waals surface area contributed by atoms with Gasteiger partial charge in [-0.2, -0.15) is 0 Å². The molecule has 0 amide bonds. The Labute approximate surface area is 115 Å². The van der Waals surface area contributed by atoms with Gasteiger partial charge in [-0.05, 0) is 44.7 Å². The van der Waals surface area contributed by atoms with E-state index in [2.05, 4.69) is 42.2 Å². The van der Waals surface area contributed by atoms with E-state index in [0.717, 1.165) is 25.8 Å². The van der Waals surface area contributed by atoms with Crippen molar-refractivity contribution in [2.45, 2.75) is 51.1 Å². The van der Waals surface area contributed by atoms with E-state index in [1.165, 1.54) is 18.4 Å². The van der Waals surface area contributed by atoms with Crippen molar-refractivity contribution in [3.63, 3.8) is 0 Å². The Kier molecular flexibility index (Phi) is 3.69. The fourth-order valence-electron chi connectivity index (χ4n) is 3.90. The Morgan fingerprint density at radius 3 is 2.63 bits per heavy atom. The van der Waals surface area contributed by atoms with Crippen molar-refractivity contribution in [2.75, 3.05) is 6.54 Å². The number of nitrogens with zero attached hydrogens (tertiary/aromatic N) is 1. The van der Waals surface area contributed by atoms with Crippen LogP contribution in [0.1, 0.15) is 50.6 Å². The number of carbonyl (C=O) groups excluding carboxylic acids is 1. The van der Waals surface area contributed by atoms with Crippen LogP contribution in [0.2, 0.25) is 0 Å². The molecule has 2 fully saturated rings. The maximum atomic E-state index is 12.0. The zero-order chi connectivity index (χ0) is 13.2. The SMILES string of the molecule is CC(c1ccccc1)N1CCCC1C1CCCC1=O. The molecule has 0 N–H and O–H groups in total. The van der Waals surface area contributed by atoms with Gasteiger partial charge in [0.15, 0.2) is 0 Å². The van der Waals surface area contributed by atoms with Crippen LogP contribution in [0.4, 0.5) is 0 Å². The second kappa shape index (κ2) is 5.46. The molecule has 1 aromatic rings. The average molecular weight is 257 g/mol. The van der Waals surface area contributed by atoms with Crippen LogP contribution in [0.5, 0.6) is 0 Å². The highest BCUT2D eigenvalue weighted by Crippen LogP contribution is 2.37. The van der Waals surface area contributed by atoms with Gasteiger partial charge in [0.05, 0.1) is 0 Å². The van der Waals surface area contributed by atoms with Crippen LogP contribution in [0.25, 0.3) is 0 Å². The van der Waals surface area contributed by atoms with Gasteiger partial charge in [-0.1, -0.05) is 30.3 Å². The molecule has 2 heteroatoms. The molecule has 0 radical (unpaired) electrons. The van der Waals surface area contributed by atoms with Crippen LogP contribution in [-0.2, 0) is 4.79 Å². The quantitative estimate of drug-likeness (QED) is 0.825. The van der Waals surface area contributed by atoms with Crippen molar-refractivity contribution >= 4 is 5.78 Å². The molecule has 3 atom stereocenters. The summed E-state index contributed by atoms with van der Waals surface area (Å²) in [6.45, 7) is 3.43. The predicted octanol–water partition coefficient (Wildman–Crippen LogP) is 3.58. The lowest BCUT2D eigenvalue weighted by molar-refractivity contribution is -0.122. The van der Waals surface area contributed by atoms with Crippen molar-refractivity contribution in [1.82, 2.24) is 4.90 Å². The van der Waals surface area contributed by atoms with Gasteiger partial charge >= 0.3 is 0 Å². The van der Waals surface area contributed by atoms with Crippen LogP contribution < -0.4 is 0 Å². The highest BCUT2D eigenvalue weighted by molar-refractivity contribution is 5.83. The van der Waals surface area contributed by atoms with Gasteiger partial charge in [-0.25, -0.2) is 0 Å². The Morgan fingerprint density at radius 1 is 1.16 bits per heavy atom. The molecule has 1 aromatic carbocycles. The number of hydrogen-bond acceptors (Lipinski definition) is 2. The number of rotatable bonds is 3. The smallest absolute Gasteiger partial charge is 0.137 e. The van der Waals surface area contributed by atoms with E-state index in [0.29, 0.717) is 23.8 Å². The van der Waals surface area contributed by atoms with Crippen LogP contribution in [0.3, 0.4) is 0 Å². The van der Waals surface area contributed by atoms with Gasteiger partial charge in [0.25, 0.3) is 0 Å². The van der Waals surface area contributed by atoms with E-state index in [9.17, 15) is 4.79 Å². The number of carbonyl (C=O) groups is 1. The number of benzene rings is 1. The topological polar surface area (TPSA) is 20.3 Å². The Bertz CT molecular complexity index is 442. The van der Waals surface area contributed by atoms with Crippen molar-refractivity contribution in [2.24, 2.45) is 5.92 Å². The van der Waals surface area contributed by atoms with E-state index < -0.39 is 0 Å². The minimum atomic E-state index is 0.314. The third-order valence-electron chi connectivity index (χ3n) is 4.94. The van der Waals surface area contributed by atoms with Gasteiger partial charge < -0.3 is 0 Å². The van der Waals surface area contributed by atoms with Crippen molar-refractivity contribution in [3.8, 4) is 0 Å². The minimum absolute atomic E-state index is 0.314. The third-order valence-corrected chi connectivity index (χ3v) is 4.94. The molecular formula is C17H23NO. The van der Waals surface area contributed by atoms with E-state index in [1.54, 1.807) is 0 Å². The second-order valence-electron chi connectivity index (χ2n) is 6.00. The third kappa shape index (κ3) is 2.46. The molecule has 1 saturated carbocycles. The fraction of sp³-hybridized carbons (Fsp3) is 0.588. The van der Waals surface area contributed by atoms with Gasteiger partial charge in [0, 0.05) is 24.4 Å². The largest absolute Gasteiger partial charge is 0.299 e. The number of Topliss-reactive ketones (excluding diaryl/α,β-unsaturated/α-hetero) is 1.